The van der Waals surface area contributed by atoms with Crippen LogP contribution in [0.3, 0.4) is 0 Å². The monoisotopic (exact) mass is 411 g/mol. The molecule has 3 heterocycles. The summed E-state index contributed by atoms with van der Waals surface area (Å²) in [5, 5.41) is 13.4. The number of nitrogens with one attached hydrogen (secondary N) is 1. The standard InChI is InChI=1S/C21H29N7O2/c1-5-30-16-6-7-18-15(12-16)13-17(21(29)22-18)19(27-10-8-26(4)9-11-27)20-23-24-25-28(20)14(2)3/h6-7,12-14,19H,5,8-11H2,1-4H3,(H,22,29)/t19-/m0/s1. The van der Waals surface area contributed by atoms with Crippen molar-refractivity contribution in [1.29, 1.82) is 0 Å². The molecular weight excluding hydrogens is 382 g/mol. The third-order valence-electron chi connectivity index (χ3n) is 5.61. The molecule has 0 radical (unpaired) electrons. The fraction of sp³-hybridized carbons (Fsp3) is 0.524. The van der Waals surface area contributed by atoms with Gasteiger partial charge in [0.25, 0.3) is 5.56 Å². The van der Waals surface area contributed by atoms with Gasteiger partial charge in [-0.15, -0.1) is 5.10 Å². The van der Waals surface area contributed by atoms with Crippen LogP contribution < -0.4 is 10.3 Å². The van der Waals surface area contributed by atoms with Gasteiger partial charge in [0.2, 0.25) is 0 Å². The zero-order chi connectivity index (χ0) is 21.3. The van der Waals surface area contributed by atoms with Crippen LogP contribution in [0, 0.1) is 0 Å². The minimum Gasteiger partial charge on any atom is -0.494 e. The number of hydrogen-bond donors (Lipinski definition) is 1. The van der Waals surface area contributed by atoms with Gasteiger partial charge in [0.15, 0.2) is 5.82 Å². The molecule has 0 unspecified atom stereocenters. The number of hydrogen-bond acceptors (Lipinski definition) is 7. The Morgan fingerprint density at radius 1 is 1.17 bits per heavy atom. The third-order valence-corrected chi connectivity index (χ3v) is 5.61. The van der Waals surface area contributed by atoms with Crippen molar-refractivity contribution in [2.45, 2.75) is 32.9 Å². The lowest BCUT2D eigenvalue weighted by molar-refractivity contribution is 0.120. The summed E-state index contributed by atoms with van der Waals surface area (Å²) >= 11 is 0. The van der Waals surface area contributed by atoms with Gasteiger partial charge in [-0.05, 0) is 62.5 Å². The number of benzene rings is 1. The molecule has 0 saturated carbocycles. The molecule has 1 saturated heterocycles. The van der Waals surface area contributed by atoms with Gasteiger partial charge in [0, 0.05) is 42.6 Å². The summed E-state index contributed by atoms with van der Waals surface area (Å²) in [6, 6.07) is 7.45. The molecule has 0 bridgehead atoms. The zero-order valence-electron chi connectivity index (χ0n) is 18.0. The van der Waals surface area contributed by atoms with Gasteiger partial charge in [0.05, 0.1) is 12.6 Å². The van der Waals surface area contributed by atoms with Crippen molar-refractivity contribution in [3.8, 4) is 5.75 Å². The molecule has 0 spiro atoms. The lowest BCUT2D eigenvalue weighted by Gasteiger charge is -2.37. The van der Waals surface area contributed by atoms with Crippen LogP contribution >= 0.6 is 0 Å². The quantitative estimate of drug-likeness (QED) is 0.661. The smallest absolute Gasteiger partial charge is 0.253 e. The van der Waals surface area contributed by atoms with E-state index in [1.165, 1.54) is 0 Å². The van der Waals surface area contributed by atoms with Crippen molar-refractivity contribution in [3.05, 3.63) is 46.0 Å². The second kappa shape index (κ2) is 8.53. The molecule has 2 aromatic heterocycles. The van der Waals surface area contributed by atoms with Crippen LogP contribution in [-0.2, 0) is 0 Å². The molecule has 30 heavy (non-hydrogen) atoms. The Bertz CT molecular complexity index is 1070. The molecule has 1 N–H and O–H groups in total. The van der Waals surface area contributed by atoms with E-state index in [0.717, 1.165) is 42.8 Å². The number of ether oxygens (including phenoxy) is 1. The number of H-pyrrole nitrogens is 1. The maximum Gasteiger partial charge on any atom is 0.253 e. The Labute approximate surface area is 175 Å². The van der Waals surface area contributed by atoms with Gasteiger partial charge in [-0.2, -0.15) is 0 Å². The Morgan fingerprint density at radius 3 is 2.63 bits per heavy atom. The fourth-order valence-corrected chi connectivity index (χ4v) is 3.99. The third kappa shape index (κ3) is 3.95. The molecule has 1 atom stereocenters. The number of piperazine rings is 1. The Hall–Kier alpha value is -2.78. The van der Waals surface area contributed by atoms with Crippen LogP contribution in [0.2, 0.25) is 0 Å². The lowest BCUT2D eigenvalue weighted by Crippen LogP contribution is -2.47. The van der Waals surface area contributed by atoms with Gasteiger partial charge in [-0.3, -0.25) is 9.69 Å². The van der Waals surface area contributed by atoms with E-state index in [1.807, 2.05) is 49.7 Å². The molecule has 9 heteroatoms. The van der Waals surface area contributed by atoms with E-state index in [1.54, 1.807) is 0 Å². The summed E-state index contributed by atoms with van der Waals surface area (Å²) in [7, 11) is 2.11. The molecular formula is C21H29N7O2. The summed E-state index contributed by atoms with van der Waals surface area (Å²) in [5.41, 5.74) is 1.32. The molecule has 1 aliphatic heterocycles. The topological polar surface area (TPSA) is 92.2 Å². The lowest BCUT2D eigenvalue weighted by atomic mass is 10.0. The van der Waals surface area contributed by atoms with Crippen molar-refractivity contribution in [1.82, 2.24) is 35.0 Å². The molecule has 1 aliphatic rings. The number of fused-ring (bicyclic) bond motifs is 1. The molecule has 3 aromatic rings. The van der Waals surface area contributed by atoms with Crippen molar-refractivity contribution in [3.63, 3.8) is 0 Å². The van der Waals surface area contributed by atoms with E-state index in [0.29, 0.717) is 18.0 Å². The minimum absolute atomic E-state index is 0.0917. The highest BCUT2D eigenvalue weighted by Crippen LogP contribution is 2.29. The highest BCUT2D eigenvalue weighted by atomic mass is 16.5. The summed E-state index contributed by atoms with van der Waals surface area (Å²) < 4.78 is 7.46. The van der Waals surface area contributed by atoms with E-state index in [9.17, 15) is 4.79 Å². The van der Waals surface area contributed by atoms with E-state index in [4.69, 9.17) is 4.74 Å². The summed E-state index contributed by atoms with van der Waals surface area (Å²) in [5.74, 6) is 1.48. The van der Waals surface area contributed by atoms with E-state index in [2.05, 4.69) is 37.4 Å². The largest absolute Gasteiger partial charge is 0.494 e. The highest BCUT2D eigenvalue weighted by molar-refractivity contribution is 5.80. The summed E-state index contributed by atoms with van der Waals surface area (Å²) in [6.07, 6.45) is 0. The first-order valence-corrected chi connectivity index (χ1v) is 10.5. The zero-order valence-corrected chi connectivity index (χ0v) is 18.0. The van der Waals surface area contributed by atoms with Crippen LogP contribution in [0.1, 0.15) is 44.2 Å². The maximum atomic E-state index is 13.2. The SMILES string of the molecule is CCOc1ccc2[nH]c(=O)c([C@@H](c3nnnn3C(C)C)N3CCN(C)CC3)cc2c1. The van der Waals surface area contributed by atoms with E-state index >= 15 is 0 Å². The van der Waals surface area contributed by atoms with Gasteiger partial charge in [0.1, 0.15) is 11.8 Å². The Balaban J connectivity index is 1.85. The first kappa shape index (κ1) is 20.5. The maximum absolute atomic E-state index is 13.2. The number of nitrogens with zero attached hydrogens (tertiary/aromatic N) is 6. The number of aromatic nitrogens is 5. The Morgan fingerprint density at radius 2 is 1.93 bits per heavy atom. The van der Waals surface area contributed by atoms with Crippen LogP contribution in [0.25, 0.3) is 10.9 Å². The van der Waals surface area contributed by atoms with Crippen LogP contribution in [0.15, 0.2) is 29.1 Å². The average Bonchev–Trinajstić information content (AvgIpc) is 3.20. The summed E-state index contributed by atoms with van der Waals surface area (Å²) in [4.78, 5) is 20.8. The van der Waals surface area contributed by atoms with Crippen LogP contribution in [0.4, 0.5) is 0 Å². The highest BCUT2D eigenvalue weighted by Gasteiger charge is 2.32. The fourth-order valence-electron chi connectivity index (χ4n) is 3.99. The van der Waals surface area contributed by atoms with Crippen molar-refractivity contribution >= 4 is 10.9 Å². The summed E-state index contributed by atoms with van der Waals surface area (Å²) in [6.45, 7) is 10.2. The minimum atomic E-state index is -0.319. The molecule has 1 aromatic carbocycles. The number of tetrazole rings is 1. The van der Waals surface area contributed by atoms with Gasteiger partial charge >= 0.3 is 0 Å². The molecule has 160 valence electrons. The van der Waals surface area contributed by atoms with Gasteiger partial charge in [-0.1, -0.05) is 0 Å². The predicted octanol–water partition coefficient (Wildman–Crippen LogP) is 1.83. The number of aromatic amines is 1. The number of likely N-dealkylation sites (N-methyl/N-ethyl adjacent to an activating group) is 1. The van der Waals surface area contributed by atoms with E-state index in [-0.39, 0.29) is 17.6 Å². The van der Waals surface area contributed by atoms with Crippen molar-refractivity contribution in [2.24, 2.45) is 0 Å². The molecule has 0 aliphatic carbocycles. The number of rotatable bonds is 6. The molecule has 4 rings (SSSR count). The second-order valence-electron chi connectivity index (χ2n) is 8.05. The number of pyridine rings is 1. The molecule has 9 nitrogen and oxygen atoms in total. The first-order valence-electron chi connectivity index (χ1n) is 10.5. The normalized spacial score (nSPS) is 17.0. The van der Waals surface area contributed by atoms with Crippen molar-refractivity contribution in [2.75, 3.05) is 39.8 Å². The van der Waals surface area contributed by atoms with Gasteiger partial charge < -0.3 is 14.6 Å². The predicted molar refractivity (Wildman–Crippen MR) is 115 cm³/mol. The first-order chi connectivity index (χ1) is 14.5. The second-order valence-corrected chi connectivity index (χ2v) is 8.05. The van der Waals surface area contributed by atoms with Crippen LogP contribution in [-0.4, -0.2) is 74.8 Å². The molecule has 1 fully saturated rings. The van der Waals surface area contributed by atoms with Crippen molar-refractivity contribution < 1.29 is 4.74 Å². The Kier molecular flexibility index (Phi) is 5.83. The molecule has 0 amide bonds. The average molecular weight is 412 g/mol. The van der Waals surface area contributed by atoms with E-state index < -0.39 is 0 Å². The van der Waals surface area contributed by atoms with Crippen LogP contribution in [0.5, 0.6) is 5.75 Å². The van der Waals surface area contributed by atoms with Gasteiger partial charge in [-0.25, -0.2) is 4.68 Å².